The summed E-state index contributed by atoms with van der Waals surface area (Å²) in [4.78, 5) is 0. The standard InChI is InChI=1S/C26H47N3O/c1-7-10-11-12-18-26(6,17-8-2)29-24-16-14-21-20(13-15-23(24)27-28-29)22(21)19-30-25(4,5)9-3/h20-22H,7-19H2,1-6H3. The minimum absolute atomic E-state index is 0.0165. The van der Waals surface area contributed by atoms with Gasteiger partial charge < -0.3 is 4.74 Å². The first-order chi connectivity index (χ1) is 14.3. The van der Waals surface area contributed by atoms with Gasteiger partial charge in [-0.1, -0.05) is 58.1 Å². The molecule has 2 aliphatic carbocycles. The summed E-state index contributed by atoms with van der Waals surface area (Å²) in [5, 5.41) is 9.46. The SMILES string of the molecule is CCCCCCC(C)(CCC)n1nnc2c1CCC1C(CC2)C1COC(C)(C)CC. The Morgan fingerprint density at radius 2 is 1.67 bits per heavy atom. The van der Waals surface area contributed by atoms with Gasteiger partial charge in [0.25, 0.3) is 0 Å². The predicted octanol–water partition coefficient (Wildman–Crippen LogP) is 6.71. The average Bonchev–Trinajstić information content (AvgIpc) is 3.20. The van der Waals surface area contributed by atoms with Gasteiger partial charge in [0.05, 0.1) is 29.1 Å². The Labute approximate surface area is 185 Å². The second-order valence-electron chi connectivity index (χ2n) is 10.9. The van der Waals surface area contributed by atoms with Crippen molar-refractivity contribution in [2.24, 2.45) is 17.8 Å². The molecule has 4 atom stereocenters. The van der Waals surface area contributed by atoms with Crippen molar-refractivity contribution in [1.29, 1.82) is 0 Å². The molecule has 1 aromatic heterocycles. The molecule has 4 heteroatoms. The molecule has 1 aromatic rings. The highest BCUT2D eigenvalue weighted by Gasteiger charge is 2.50. The molecular weight excluding hydrogens is 370 g/mol. The number of hydrogen-bond acceptors (Lipinski definition) is 3. The van der Waals surface area contributed by atoms with Crippen molar-refractivity contribution in [3.63, 3.8) is 0 Å². The molecule has 4 unspecified atom stereocenters. The molecule has 1 saturated carbocycles. The van der Waals surface area contributed by atoms with Crippen LogP contribution >= 0.6 is 0 Å². The number of unbranched alkanes of at least 4 members (excludes halogenated alkanes) is 3. The summed E-state index contributed by atoms with van der Waals surface area (Å²) in [6, 6.07) is 0. The Hall–Kier alpha value is -0.900. The van der Waals surface area contributed by atoms with Gasteiger partial charge in [0.15, 0.2) is 0 Å². The lowest BCUT2D eigenvalue weighted by molar-refractivity contribution is -0.0285. The van der Waals surface area contributed by atoms with Crippen molar-refractivity contribution < 1.29 is 4.74 Å². The molecule has 0 saturated heterocycles. The van der Waals surface area contributed by atoms with Gasteiger partial charge >= 0.3 is 0 Å². The van der Waals surface area contributed by atoms with Gasteiger partial charge in [0, 0.05) is 0 Å². The molecule has 0 bridgehead atoms. The van der Waals surface area contributed by atoms with E-state index in [0.717, 1.165) is 43.6 Å². The molecule has 1 heterocycles. The zero-order valence-electron chi connectivity index (χ0n) is 20.7. The maximum absolute atomic E-state index is 6.28. The summed E-state index contributed by atoms with van der Waals surface area (Å²) in [6.07, 6.45) is 14.8. The van der Waals surface area contributed by atoms with E-state index in [1.54, 1.807) is 0 Å². The topological polar surface area (TPSA) is 39.9 Å². The van der Waals surface area contributed by atoms with Crippen LogP contribution in [0.4, 0.5) is 0 Å². The molecule has 0 spiro atoms. The summed E-state index contributed by atoms with van der Waals surface area (Å²) in [7, 11) is 0. The van der Waals surface area contributed by atoms with E-state index in [1.807, 2.05) is 0 Å². The molecule has 0 N–H and O–H groups in total. The predicted molar refractivity (Wildman–Crippen MR) is 125 cm³/mol. The Balaban J connectivity index is 1.65. The van der Waals surface area contributed by atoms with Crippen LogP contribution in [0.3, 0.4) is 0 Å². The van der Waals surface area contributed by atoms with Crippen molar-refractivity contribution in [2.75, 3.05) is 6.61 Å². The van der Waals surface area contributed by atoms with E-state index in [0.29, 0.717) is 0 Å². The maximum atomic E-state index is 6.28. The molecule has 3 rings (SSSR count). The molecule has 4 nitrogen and oxygen atoms in total. The molecule has 0 aliphatic heterocycles. The molecule has 30 heavy (non-hydrogen) atoms. The van der Waals surface area contributed by atoms with Crippen LogP contribution in [0.25, 0.3) is 0 Å². The summed E-state index contributed by atoms with van der Waals surface area (Å²) in [5.41, 5.74) is 2.87. The first kappa shape index (κ1) is 23.8. The number of hydrogen-bond donors (Lipinski definition) is 0. The third-order valence-electron chi connectivity index (χ3n) is 8.17. The van der Waals surface area contributed by atoms with Crippen LogP contribution in [0.5, 0.6) is 0 Å². The molecule has 2 aliphatic rings. The second-order valence-corrected chi connectivity index (χ2v) is 10.9. The quantitative estimate of drug-likeness (QED) is 0.355. The zero-order chi connectivity index (χ0) is 21.8. The first-order valence-electron chi connectivity index (χ1n) is 12.9. The third-order valence-corrected chi connectivity index (χ3v) is 8.17. The van der Waals surface area contributed by atoms with Crippen LogP contribution < -0.4 is 0 Å². The maximum Gasteiger partial charge on any atom is 0.0859 e. The van der Waals surface area contributed by atoms with Gasteiger partial charge in [0.2, 0.25) is 0 Å². The highest BCUT2D eigenvalue weighted by atomic mass is 16.5. The van der Waals surface area contributed by atoms with Crippen molar-refractivity contribution in [2.45, 2.75) is 130 Å². The number of aromatic nitrogens is 3. The van der Waals surface area contributed by atoms with Gasteiger partial charge in [-0.3, -0.25) is 0 Å². The Morgan fingerprint density at radius 1 is 0.933 bits per heavy atom. The van der Waals surface area contributed by atoms with Gasteiger partial charge in [-0.2, -0.15) is 0 Å². The summed E-state index contributed by atoms with van der Waals surface area (Å²) in [5.74, 6) is 2.44. The number of ether oxygens (including phenoxy) is 1. The fourth-order valence-corrected chi connectivity index (χ4v) is 5.68. The van der Waals surface area contributed by atoms with Gasteiger partial charge in [0.1, 0.15) is 0 Å². The van der Waals surface area contributed by atoms with E-state index < -0.39 is 0 Å². The van der Waals surface area contributed by atoms with Crippen LogP contribution in [0.1, 0.15) is 117 Å². The first-order valence-corrected chi connectivity index (χ1v) is 12.9. The van der Waals surface area contributed by atoms with E-state index >= 15 is 0 Å². The highest BCUT2D eigenvalue weighted by Crippen LogP contribution is 2.53. The fourth-order valence-electron chi connectivity index (χ4n) is 5.68. The van der Waals surface area contributed by atoms with Crippen molar-refractivity contribution in [3.05, 3.63) is 11.4 Å². The zero-order valence-corrected chi connectivity index (χ0v) is 20.7. The average molecular weight is 418 g/mol. The molecule has 0 aromatic carbocycles. The number of aryl methyl sites for hydroxylation is 1. The molecule has 0 radical (unpaired) electrons. The smallest absolute Gasteiger partial charge is 0.0859 e. The molecule has 172 valence electrons. The Bertz CT molecular complexity index is 667. The lowest BCUT2D eigenvalue weighted by Crippen LogP contribution is -2.33. The molecular formula is C26H47N3O. The number of nitrogens with zero attached hydrogens (tertiary/aromatic N) is 3. The van der Waals surface area contributed by atoms with Crippen LogP contribution in [-0.4, -0.2) is 27.2 Å². The largest absolute Gasteiger partial charge is 0.375 e. The minimum atomic E-state index is 0.0165. The molecule has 1 fully saturated rings. The minimum Gasteiger partial charge on any atom is -0.375 e. The van der Waals surface area contributed by atoms with Crippen LogP contribution in [0.15, 0.2) is 0 Å². The van der Waals surface area contributed by atoms with Gasteiger partial charge in [-0.15, -0.1) is 5.10 Å². The molecule has 0 amide bonds. The summed E-state index contributed by atoms with van der Waals surface area (Å²) < 4.78 is 8.64. The van der Waals surface area contributed by atoms with E-state index in [9.17, 15) is 0 Å². The number of rotatable bonds is 12. The van der Waals surface area contributed by atoms with Crippen LogP contribution in [0, 0.1) is 17.8 Å². The van der Waals surface area contributed by atoms with Crippen LogP contribution in [0.2, 0.25) is 0 Å². The number of fused-ring (bicyclic) bond motifs is 2. The summed E-state index contributed by atoms with van der Waals surface area (Å²) >= 11 is 0. The normalized spacial score (nSPS) is 25.7. The fraction of sp³-hybridized carbons (Fsp3) is 0.923. The Kier molecular flexibility index (Phi) is 8.03. The van der Waals surface area contributed by atoms with Crippen molar-refractivity contribution >= 4 is 0 Å². The lowest BCUT2D eigenvalue weighted by atomic mass is 9.88. The van der Waals surface area contributed by atoms with E-state index in [4.69, 9.17) is 15.0 Å². The van der Waals surface area contributed by atoms with Crippen molar-refractivity contribution in [1.82, 2.24) is 15.0 Å². The van der Waals surface area contributed by atoms with Gasteiger partial charge in [-0.25, -0.2) is 4.68 Å². The summed E-state index contributed by atoms with van der Waals surface area (Å²) in [6.45, 7) is 14.6. The van der Waals surface area contributed by atoms with E-state index in [1.165, 1.54) is 69.2 Å². The van der Waals surface area contributed by atoms with E-state index in [-0.39, 0.29) is 11.1 Å². The van der Waals surface area contributed by atoms with E-state index in [2.05, 4.69) is 46.2 Å². The lowest BCUT2D eigenvalue weighted by Gasteiger charge is -2.31. The van der Waals surface area contributed by atoms with Gasteiger partial charge in [-0.05, 0) is 83.5 Å². The van der Waals surface area contributed by atoms with Crippen molar-refractivity contribution in [3.8, 4) is 0 Å². The highest BCUT2D eigenvalue weighted by molar-refractivity contribution is 5.17. The third kappa shape index (κ3) is 5.47. The monoisotopic (exact) mass is 417 g/mol. The van der Waals surface area contributed by atoms with Crippen LogP contribution in [-0.2, 0) is 23.1 Å². The Morgan fingerprint density at radius 3 is 2.33 bits per heavy atom. The second kappa shape index (κ2) is 10.1.